The largest absolute Gasteiger partial charge is 0.346 e. The van der Waals surface area contributed by atoms with Crippen LogP contribution in [0.5, 0.6) is 0 Å². The molecule has 4 rings (SSSR count). The number of benzene rings is 1. The van der Waals surface area contributed by atoms with E-state index >= 15 is 0 Å². The minimum Gasteiger partial charge on any atom is -0.346 e. The lowest BCUT2D eigenvalue weighted by Gasteiger charge is -2.05. The first-order valence-corrected chi connectivity index (χ1v) is 8.95. The van der Waals surface area contributed by atoms with Crippen molar-refractivity contribution in [1.29, 1.82) is 0 Å². The number of nitrogens with one attached hydrogen (secondary N) is 2. The van der Waals surface area contributed by atoms with Crippen molar-refractivity contribution >= 4 is 5.91 Å². The zero-order chi connectivity index (χ0) is 18.6. The van der Waals surface area contributed by atoms with Crippen LogP contribution in [-0.4, -0.2) is 27.2 Å². The molecule has 138 valence electrons. The van der Waals surface area contributed by atoms with E-state index < -0.39 is 0 Å². The van der Waals surface area contributed by atoms with Gasteiger partial charge in [0.2, 0.25) is 0 Å². The summed E-state index contributed by atoms with van der Waals surface area (Å²) in [7, 11) is 0. The molecule has 3 heterocycles. The quantitative estimate of drug-likeness (QED) is 0.745. The average molecular weight is 365 g/mol. The number of carbonyl (C=O) groups excluding carboxylic acids is 1. The Morgan fingerprint density at radius 3 is 3.00 bits per heavy atom. The van der Waals surface area contributed by atoms with Gasteiger partial charge in [-0.05, 0) is 43.3 Å². The topological polar surface area (TPSA) is 71.8 Å². The molecule has 1 amide bonds. The van der Waals surface area contributed by atoms with Gasteiger partial charge < -0.3 is 10.6 Å². The zero-order valence-electron chi connectivity index (χ0n) is 14.8. The molecule has 0 spiro atoms. The molecule has 0 bridgehead atoms. The molecular formula is C20H20FN5O. The summed E-state index contributed by atoms with van der Waals surface area (Å²) in [5.74, 6) is -0.528. The van der Waals surface area contributed by atoms with Gasteiger partial charge in [0.15, 0.2) is 0 Å². The first-order valence-electron chi connectivity index (χ1n) is 8.95. The van der Waals surface area contributed by atoms with Gasteiger partial charge in [-0.1, -0.05) is 12.1 Å². The molecular weight excluding hydrogens is 345 g/mol. The second-order valence-corrected chi connectivity index (χ2v) is 6.51. The molecule has 0 saturated carbocycles. The molecule has 7 heteroatoms. The fourth-order valence-electron chi connectivity index (χ4n) is 3.13. The second-order valence-electron chi connectivity index (χ2n) is 6.51. The van der Waals surface area contributed by atoms with Gasteiger partial charge in [-0.15, -0.1) is 0 Å². The number of carbonyl (C=O) groups is 1. The fraction of sp³-hybridized carbons (Fsp3) is 0.250. The Kier molecular flexibility index (Phi) is 4.93. The van der Waals surface area contributed by atoms with Crippen LogP contribution in [0, 0.1) is 5.82 Å². The smallest absolute Gasteiger partial charge is 0.253 e. The van der Waals surface area contributed by atoms with Crippen molar-refractivity contribution in [2.45, 2.75) is 26.1 Å². The van der Waals surface area contributed by atoms with Crippen LogP contribution in [0.3, 0.4) is 0 Å². The highest BCUT2D eigenvalue weighted by Gasteiger charge is 2.12. The van der Waals surface area contributed by atoms with Crippen molar-refractivity contribution in [1.82, 2.24) is 25.4 Å². The van der Waals surface area contributed by atoms with Crippen molar-refractivity contribution in [3.05, 3.63) is 71.4 Å². The number of halogens is 1. The molecule has 1 aliphatic heterocycles. The highest BCUT2D eigenvalue weighted by Crippen LogP contribution is 2.18. The third kappa shape index (κ3) is 4.03. The molecule has 0 atom stereocenters. The molecule has 1 aliphatic rings. The van der Waals surface area contributed by atoms with Gasteiger partial charge in [0.25, 0.3) is 5.91 Å². The number of aromatic nitrogens is 3. The van der Waals surface area contributed by atoms with E-state index in [0.29, 0.717) is 23.4 Å². The zero-order valence-corrected chi connectivity index (χ0v) is 14.8. The van der Waals surface area contributed by atoms with Crippen LogP contribution in [0.2, 0.25) is 0 Å². The predicted octanol–water partition coefficient (Wildman–Crippen LogP) is 2.51. The number of hydrogen-bond acceptors (Lipinski definition) is 4. The summed E-state index contributed by atoms with van der Waals surface area (Å²) < 4.78 is 15.3. The summed E-state index contributed by atoms with van der Waals surface area (Å²) in [6, 6.07) is 11.6. The van der Waals surface area contributed by atoms with Crippen molar-refractivity contribution < 1.29 is 9.18 Å². The third-order valence-electron chi connectivity index (χ3n) is 4.52. The van der Waals surface area contributed by atoms with E-state index in [1.807, 2.05) is 10.7 Å². The van der Waals surface area contributed by atoms with Crippen molar-refractivity contribution in [3.8, 4) is 11.3 Å². The molecule has 2 N–H and O–H groups in total. The molecule has 1 aromatic carbocycles. The van der Waals surface area contributed by atoms with E-state index in [2.05, 4.69) is 20.7 Å². The summed E-state index contributed by atoms with van der Waals surface area (Å²) in [4.78, 5) is 16.6. The Bertz CT molecular complexity index is 928. The van der Waals surface area contributed by atoms with Crippen LogP contribution < -0.4 is 10.6 Å². The maximum Gasteiger partial charge on any atom is 0.253 e. The number of amides is 1. The number of aryl methyl sites for hydroxylation is 1. The highest BCUT2D eigenvalue weighted by atomic mass is 19.1. The fourth-order valence-corrected chi connectivity index (χ4v) is 3.13. The third-order valence-corrected chi connectivity index (χ3v) is 4.52. The van der Waals surface area contributed by atoms with Crippen molar-refractivity contribution in [2.75, 3.05) is 6.54 Å². The molecule has 0 aliphatic carbocycles. The summed E-state index contributed by atoms with van der Waals surface area (Å²) in [6.45, 7) is 3.05. The van der Waals surface area contributed by atoms with Crippen LogP contribution in [0.1, 0.15) is 28.2 Å². The Morgan fingerprint density at radius 1 is 1.26 bits per heavy atom. The molecule has 0 fully saturated rings. The highest BCUT2D eigenvalue weighted by molar-refractivity contribution is 5.94. The van der Waals surface area contributed by atoms with Gasteiger partial charge in [0.05, 0.1) is 29.2 Å². The molecule has 0 unspecified atom stereocenters. The molecule has 0 saturated heterocycles. The lowest BCUT2D eigenvalue weighted by molar-refractivity contribution is 0.0950. The van der Waals surface area contributed by atoms with Gasteiger partial charge in [0, 0.05) is 24.8 Å². The van der Waals surface area contributed by atoms with Gasteiger partial charge in [-0.3, -0.25) is 14.5 Å². The van der Waals surface area contributed by atoms with Crippen LogP contribution in [0.4, 0.5) is 4.39 Å². The first-order chi connectivity index (χ1) is 13.2. The van der Waals surface area contributed by atoms with E-state index in [4.69, 9.17) is 0 Å². The van der Waals surface area contributed by atoms with E-state index in [-0.39, 0.29) is 11.7 Å². The minimum absolute atomic E-state index is 0.213. The number of hydrogen-bond donors (Lipinski definition) is 2. The molecule has 2 aromatic heterocycles. The van der Waals surface area contributed by atoms with Gasteiger partial charge in [-0.2, -0.15) is 5.10 Å². The molecule has 0 radical (unpaired) electrons. The first kappa shape index (κ1) is 17.4. The predicted molar refractivity (Wildman–Crippen MR) is 99.4 cm³/mol. The summed E-state index contributed by atoms with van der Waals surface area (Å²) in [5.41, 5.74) is 3.73. The Hall–Kier alpha value is -3.06. The lowest BCUT2D eigenvalue weighted by Crippen LogP contribution is -2.23. The van der Waals surface area contributed by atoms with Gasteiger partial charge >= 0.3 is 0 Å². The van der Waals surface area contributed by atoms with E-state index in [9.17, 15) is 9.18 Å². The minimum atomic E-state index is -0.315. The Balaban J connectivity index is 1.40. The van der Waals surface area contributed by atoms with E-state index in [1.54, 1.807) is 24.3 Å². The normalized spacial score (nSPS) is 13.7. The summed E-state index contributed by atoms with van der Waals surface area (Å²) >= 11 is 0. The van der Waals surface area contributed by atoms with E-state index in [1.165, 1.54) is 18.3 Å². The van der Waals surface area contributed by atoms with Crippen LogP contribution in [0.15, 0.2) is 48.7 Å². The van der Waals surface area contributed by atoms with E-state index in [0.717, 1.165) is 37.4 Å². The van der Waals surface area contributed by atoms with Crippen LogP contribution in [-0.2, 0) is 19.6 Å². The van der Waals surface area contributed by atoms with Gasteiger partial charge in [-0.25, -0.2) is 4.39 Å². The second kappa shape index (κ2) is 7.67. The molecule has 6 nitrogen and oxygen atoms in total. The lowest BCUT2D eigenvalue weighted by atomic mass is 10.1. The monoisotopic (exact) mass is 365 g/mol. The number of nitrogens with zero attached hydrogens (tertiary/aromatic N) is 3. The average Bonchev–Trinajstić information content (AvgIpc) is 2.95. The maximum absolute atomic E-state index is 13.3. The summed E-state index contributed by atoms with van der Waals surface area (Å²) in [6.07, 6.45) is 2.55. The Morgan fingerprint density at radius 2 is 2.19 bits per heavy atom. The number of rotatable bonds is 4. The number of pyridine rings is 1. The SMILES string of the molecule is O=C(NCc1cc2n(n1)CCCNC2)c1ccc(-c2cccc(F)c2)nc1. The molecule has 3 aromatic rings. The van der Waals surface area contributed by atoms with Crippen LogP contribution >= 0.6 is 0 Å². The van der Waals surface area contributed by atoms with Crippen LogP contribution in [0.25, 0.3) is 11.3 Å². The summed E-state index contributed by atoms with van der Waals surface area (Å²) in [5, 5.41) is 10.8. The standard InChI is InChI=1S/C20H20FN5O/c21-16-4-1-3-14(9-16)19-6-5-15(11-23-19)20(27)24-12-17-10-18-13-22-7-2-8-26(18)25-17/h1,3-6,9-11,22H,2,7-8,12-13H2,(H,24,27). The van der Waals surface area contributed by atoms with Gasteiger partial charge in [0.1, 0.15) is 5.82 Å². The van der Waals surface area contributed by atoms with Crippen molar-refractivity contribution in [3.63, 3.8) is 0 Å². The maximum atomic E-state index is 13.3. The Labute approximate surface area is 156 Å². The number of fused-ring (bicyclic) bond motifs is 1. The molecule has 27 heavy (non-hydrogen) atoms. The van der Waals surface area contributed by atoms with Crippen molar-refractivity contribution in [2.24, 2.45) is 0 Å².